The van der Waals surface area contributed by atoms with Crippen LogP contribution < -0.4 is 4.74 Å². The number of methoxy groups -OCH3 is 1. The Bertz CT molecular complexity index is 599. The molecule has 0 aliphatic heterocycles. The first-order valence-corrected chi connectivity index (χ1v) is 6.76. The lowest BCUT2D eigenvalue weighted by atomic mass is 10.2. The fraction of sp³-hybridized carbons (Fsp3) is 0.214. The Balaban J connectivity index is 0.000000574. The monoisotopic (exact) mass is 260 g/mol. The molecule has 0 atom stereocenters. The second kappa shape index (κ2) is 5.69. The molecule has 0 fully saturated rings. The van der Waals surface area contributed by atoms with Gasteiger partial charge in [-0.15, -0.1) is 11.3 Å². The smallest absolute Gasteiger partial charge is 0.119 e. The number of H-pyrrole nitrogens is 1. The maximum Gasteiger partial charge on any atom is 0.119 e. The molecule has 3 rings (SSSR count). The molecule has 0 aliphatic rings. The lowest BCUT2D eigenvalue weighted by molar-refractivity contribution is 0.415. The number of benzene rings is 1. The van der Waals surface area contributed by atoms with Crippen molar-refractivity contribution in [3.05, 3.63) is 36.5 Å². The summed E-state index contributed by atoms with van der Waals surface area (Å²) in [4.78, 5) is 1.22. The van der Waals surface area contributed by atoms with E-state index in [9.17, 15) is 0 Å². The van der Waals surface area contributed by atoms with Crippen molar-refractivity contribution in [1.82, 2.24) is 10.2 Å². The first kappa shape index (κ1) is 12.6. The third kappa shape index (κ3) is 2.38. The van der Waals surface area contributed by atoms with Gasteiger partial charge in [0.2, 0.25) is 0 Å². The van der Waals surface area contributed by atoms with Crippen molar-refractivity contribution in [2.24, 2.45) is 0 Å². The predicted molar refractivity (Wildman–Crippen MR) is 77.3 cm³/mol. The highest BCUT2D eigenvalue weighted by molar-refractivity contribution is 7.22. The largest absolute Gasteiger partial charge is 0.497 e. The van der Waals surface area contributed by atoms with Crippen molar-refractivity contribution >= 4 is 21.6 Å². The van der Waals surface area contributed by atoms with Crippen LogP contribution in [-0.2, 0) is 0 Å². The highest BCUT2D eigenvalue weighted by atomic mass is 32.1. The van der Waals surface area contributed by atoms with Crippen LogP contribution in [0.15, 0.2) is 36.5 Å². The second-order valence-electron chi connectivity index (χ2n) is 3.49. The van der Waals surface area contributed by atoms with E-state index >= 15 is 0 Å². The summed E-state index contributed by atoms with van der Waals surface area (Å²) in [6.07, 6.45) is 1.85. The lowest BCUT2D eigenvalue weighted by Gasteiger charge is -2.01. The number of nitrogens with one attached hydrogen (secondary N) is 1. The Morgan fingerprint density at radius 2 is 2.06 bits per heavy atom. The van der Waals surface area contributed by atoms with E-state index in [1.54, 1.807) is 18.4 Å². The van der Waals surface area contributed by atoms with Crippen LogP contribution >= 0.6 is 11.3 Å². The van der Waals surface area contributed by atoms with Gasteiger partial charge in [0.15, 0.2) is 0 Å². The van der Waals surface area contributed by atoms with Crippen molar-refractivity contribution in [1.29, 1.82) is 0 Å². The van der Waals surface area contributed by atoms with Crippen molar-refractivity contribution in [3.8, 4) is 16.2 Å². The molecule has 0 spiro atoms. The molecular weight excluding hydrogens is 244 g/mol. The molecule has 18 heavy (non-hydrogen) atoms. The van der Waals surface area contributed by atoms with E-state index < -0.39 is 0 Å². The fourth-order valence-electron chi connectivity index (χ4n) is 1.67. The number of aromatic amines is 1. The molecule has 2 aromatic heterocycles. The van der Waals surface area contributed by atoms with Crippen LogP contribution in [0.1, 0.15) is 13.8 Å². The summed E-state index contributed by atoms with van der Waals surface area (Å²) in [6, 6.07) is 10.2. The number of hydrogen-bond acceptors (Lipinski definition) is 3. The molecule has 3 nitrogen and oxygen atoms in total. The number of fused-ring (bicyclic) bond motifs is 1. The second-order valence-corrected chi connectivity index (χ2v) is 4.57. The minimum atomic E-state index is 0.882. The Hall–Kier alpha value is -1.81. The Labute approximate surface area is 110 Å². The summed E-state index contributed by atoms with van der Waals surface area (Å²) in [5.41, 5.74) is 2.26. The number of rotatable bonds is 2. The van der Waals surface area contributed by atoms with Gasteiger partial charge in [0.25, 0.3) is 0 Å². The van der Waals surface area contributed by atoms with Crippen LogP contribution in [0.4, 0.5) is 0 Å². The maximum atomic E-state index is 5.22. The molecule has 4 heteroatoms. The Morgan fingerprint density at radius 3 is 2.78 bits per heavy atom. The number of aromatic nitrogens is 2. The third-order valence-corrected chi connectivity index (χ3v) is 3.60. The van der Waals surface area contributed by atoms with E-state index in [1.165, 1.54) is 15.1 Å². The zero-order chi connectivity index (χ0) is 13.0. The van der Waals surface area contributed by atoms with Gasteiger partial charge in [-0.2, -0.15) is 5.10 Å². The molecule has 0 unspecified atom stereocenters. The summed E-state index contributed by atoms with van der Waals surface area (Å²) in [5.74, 6) is 0.882. The zero-order valence-electron chi connectivity index (χ0n) is 10.7. The predicted octanol–water partition coefficient (Wildman–Crippen LogP) is 4.33. The Morgan fingerprint density at radius 1 is 1.22 bits per heavy atom. The van der Waals surface area contributed by atoms with Crippen LogP contribution in [-0.4, -0.2) is 17.3 Å². The fourth-order valence-corrected chi connectivity index (χ4v) is 2.65. The highest BCUT2D eigenvalue weighted by Gasteiger charge is 2.06. The topological polar surface area (TPSA) is 37.9 Å². The molecule has 0 bridgehead atoms. The average molecular weight is 260 g/mol. The number of ether oxygens (including phenoxy) is 1. The van der Waals surface area contributed by atoms with Crippen LogP contribution in [0, 0.1) is 0 Å². The van der Waals surface area contributed by atoms with E-state index in [1.807, 2.05) is 38.2 Å². The minimum absolute atomic E-state index is 0.882. The first-order valence-electron chi connectivity index (χ1n) is 5.94. The Kier molecular flexibility index (Phi) is 3.99. The van der Waals surface area contributed by atoms with Gasteiger partial charge in [0, 0.05) is 4.88 Å². The normalized spacial score (nSPS) is 9.94. The van der Waals surface area contributed by atoms with Gasteiger partial charge in [-0.05, 0) is 23.8 Å². The molecule has 1 aromatic carbocycles. The quantitative estimate of drug-likeness (QED) is 0.745. The SMILES string of the molecule is CC.COc1cccc(-c2cc3[nH]ncc3s2)c1. The van der Waals surface area contributed by atoms with Crippen LogP contribution in [0.25, 0.3) is 20.7 Å². The molecule has 1 N–H and O–H groups in total. The van der Waals surface area contributed by atoms with Gasteiger partial charge in [-0.3, -0.25) is 5.10 Å². The standard InChI is InChI=1S/C12H10N2OS.C2H6/c1-15-9-4-2-3-8(5-9)11-6-10-12(16-11)7-13-14-10;1-2/h2-7H,1H3,(H,13,14);1-2H3. The van der Waals surface area contributed by atoms with Crippen LogP contribution in [0.5, 0.6) is 5.75 Å². The molecule has 0 saturated carbocycles. The first-order chi connectivity index (χ1) is 8.86. The molecule has 0 aliphatic carbocycles. The molecule has 0 radical (unpaired) electrons. The number of nitrogens with zero attached hydrogens (tertiary/aromatic N) is 1. The van der Waals surface area contributed by atoms with E-state index in [0.29, 0.717) is 0 Å². The summed E-state index contributed by atoms with van der Waals surface area (Å²) >= 11 is 1.73. The van der Waals surface area contributed by atoms with Gasteiger partial charge >= 0.3 is 0 Å². The molecule has 3 aromatic rings. The van der Waals surface area contributed by atoms with Gasteiger partial charge in [0.05, 0.1) is 23.5 Å². The number of hydrogen-bond donors (Lipinski definition) is 1. The molecule has 0 amide bonds. The van der Waals surface area contributed by atoms with Gasteiger partial charge < -0.3 is 4.74 Å². The molecule has 0 saturated heterocycles. The highest BCUT2D eigenvalue weighted by Crippen LogP contribution is 2.33. The minimum Gasteiger partial charge on any atom is -0.497 e. The average Bonchev–Trinajstić information content (AvgIpc) is 3.02. The molecular formula is C14H16N2OS. The summed E-state index contributed by atoms with van der Waals surface area (Å²) in [7, 11) is 1.68. The van der Waals surface area contributed by atoms with E-state index in [0.717, 1.165) is 11.3 Å². The van der Waals surface area contributed by atoms with Crippen molar-refractivity contribution in [3.63, 3.8) is 0 Å². The number of thiophene rings is 1. The van der Waals surface area contributed by atoms with Crippen LogP contribution in [0.2, 0.25) is 0 Å². The van der Waals surface area contributed by atoms with Crippen molar-refractivity contribution in [2.45, 2.75) is 13.8 Å². The summed E-state index contributed by atoms with van der Waals surface area (Å²) < 4.78 is 6.39. The van der Waals surface area contributed by atoms with Gasteiger partial charge in [-0.1, -0.05) is 26.0 Å². The van der Waals surface area contributed by atoms with Crippen molar-refractivity contribution < 1.29 is 4.74 Å². The third-order valence-electron chi connectivity index (χ3n) is 2.48. The molecule has 2 heterocycles. The summed E-state index contributed by atoms with van der Waals surface area (Å²) in [6.45, 7) is 4.00. The van der Waals surface area contributed by atoms with E-state index in [2.05, 4.69) is 22.3 Å². The van der Waals surface area contributed by atoms with Crippen molar-refractivity contribution in [2.75, 3.05) is 7.11 Å². The van der Waals surface area contributed by atoms with Gasteiger partial charge in [-0.25, -0.2) is 0 Å². The summed E-state index contributed by atoms with van der Waals surface area (Å²) in [5, 5.41) is 6.96. The molecule has 94 valence electrons. The zero-order valence-corrected chi connectivity index (χ0v) is 11.5. The lowest BCUT2D eigenvalue weighted by Crippen LogP contribution is -1.81. The van der Waals surface area contributed by atoms with Gasteiger partial charge in [0.1, 0.15) is 5.75 Å². The van der Waals surface area contributed by atoms with E-state index in [-0.39, 0.29) is 0 Å². The van der Waals surface area contributed by atoms with E-state index in [4.69, 9.17) is 4.74 Å². The van der Waals surface area contributed by atoms with Crippen LogP contribution in [0.3, 0.4) is 0 Å². The maximum absolute atomic E-state index is 5.22.